The highest BCUT2D eigenvalue weighted by Crippen LogP contribution is 2.29. The first-order valence-electron chi connectivity index (χ1n) is 12.8. The van der Waals surface area contributed by atoms with Crippen LogP contribution in [-0.2, 0) is 0 Å². The molecule has 4 aromatic rings. The van der Waals surface area contributed by atoms with E-state index in [2.05, 4.69) is 69.0 Å². The average molecular weight is 485 g/mol. The third-order valence-electron chi connectivity index (χ3n) is 7.21. The molecule has 0 amide bonds. The fourth-order valence-electron chi connectivity index (χ4n) is 4.88. The van der Waals surface area contributed by atoms with E-state index in [-0.39, 0.29) is 5.54 Å². The van der Waals surface area contributed by atoms with Crippen molar-refractivity contribution in [2.75, 3.05) is 38.0 Å². The van der Waals surface area contributed by atoms with Gasteiger partial charge in [0.1, 0.15) is 5.69 Å². The molecule has 0 spiro atoms. The second-order valence-electron chi connectivity index (χ2n) is 10.6. The van der Waals surface area contributed by atoms with E-state index in [0.29, 0.717) is 6.04 Å². The monoisotopic (exact) mass is 484 g/mol. The lowest BCUT2D eigenvalue weighted by atomic mass is 10.0. The molecule has 1 aliphatic rings. The molecule has 1 aliphatic heterocycles. The molecule has 0 unspecified atom stereocenters. The maximum Gasteiger partial charge on any atom is 0.120 e. The molecular weight excluding hydrogens is 448 g/mol. The Morgan fingerprint density at radius 1 is 1.00 bits per heavy atom. The van der Waals surface area contributed by atoms with Crippen molar-refractivity contribution in [3.05, 3.63) is 54.5 Å². The summed E-state index contributed by atoms with van der Waals surface area (Å²) in [6.45, 7) is 16.4. The topological polar surface area (TPSA) is 85.9 Å². The summed E-state index contributed by atoms with van der Waals surface area (Å²) in [7, 11) is 0. The second-order valence-corrected chi connectivity index (χ2v) is 10.6. The summed E-state index contributed by atoms with van der Waals surface area (Å²) < 4.78 is 0. The fourth-order valence-corrected chi connectivity index (χ4v) is 4.88. The molecule has 8 nitrogen and oxygen atoms in total. The number of anilines is 1. The van der Waals surface area contributed by atoms with Gasteiger partial charge in [-0.15, -0.1) is 0 Å². The van der Waals surface area contributed by atoms with E-state index in [0.717, 1.165) is 77.8 Å². The fraction of sp³-hybridized carbons (Fsp3) is 0.429. The van der Waals surface area contributed by atoms with E-state index >= 15 is 0 Å². The molecule has 4 aromatic heterocycles. The van der Waals surface area contributed by atoms with E-state index in [1.165, 1.54) is 0 Å². The number of H-pyrrole nitrogens is 1. The lowest BCUT2D eigenvalue weighted by Crippen LogP contribution is -2.58. The Balaban J connectivity index is 1.33. The second kappa shape index (κ2) is 9.95. The normalized spacial score (nSPS) is 15.6. The number of hydrogen-bond acceptors (Lipinski definition) is 7. The van der Waals surface area contributed by atoms with Crippen LogP contribution in [0.15, 0.2) is 48.8 Å². The van der Waals surface area contributed by atoms with Crippen LogP contribution in [-0.4, -0.2) is 79.3 Å². The SMILES string of the molecule is Cc1cccc(-c2n[nH]cc2-c2ccc3ncc(NCC(C)(C)N4CCN(C(C)C)CC4)cc3n2)n1. The predicted molar refractivity (Wildman–Crippen MR) is 146 cm³/mol. The molecule has 1 fully saturated rings. The zero-order valence-corrected chi connectivity index (χ0v) is 21.9. The Hall–Kier alpha value is -3.36. The molecule has 2 N–H and O–H groups in total. The van der Waals surface area contributed by atoms with Gasteiger partial charge in [0.2, 0.25) is 0 Å². The third kappa shape index (κ3) is 5.10. The molecule has 5 rings (SSSR count). The Bertz CT molecular complexity index is 1330. The van der Waals surface area contributed by atoms with Crippen LogP contribution >= 0.6 is 0 Å². The van der Waals surface area contributed by atoms with Gasteiger partial charge < -0.3 is 5.32 Å². The van der Waals surface area contributed by atoms with Gasteiger partial charge in [0.15, 0.2) is 0 Å². The molecule has 1 saturated heterocycles. The van der Waals surface area contributed by atoms with E-state index in [9.17, 15) is 0 Å². The molecule has 0 saturated carbocycles. The van der Waals surface area contributed by atoms with Gasteiger partial charge in [-0.05, 0) is 65.0 Å². The summed E-state index contributed by atoms with van der Waals surface area (Å²) in [5.74, 6) is 0. The minimum absolute atomic E-state index is 0.0415. The van der Waals surface area contributed by atoms with Gasteiger partial charge >= 0.3 is 0 Å². The zero-order chi connectivity index (χ0) is 25.3. The Kier molecular flexibility index (Phi) is 6.73. The predicted octanol–water partition coefficient (Wildman–Crippen LogP) is 4.61. The molecule has 5 heterocycles. The summed E-state index contributed by atoms with van der Waals surface area (Å²) in [6.07, 6.45) is 3.78. The van der Waals surface area contributed by atoms with Crippen molar-refractivity contribution in [1.82, 2.24) is 34.9 Å². The number of aromatic amines is 1. The van der Waals surface area contributed by atoms with E-state index in [1.807, 2.05) is 49.6 Å². The minimum Gasteiger partial charge on any atom is -0.382 e. The number of pyridine rings is 3. The largest absolute Gasteiger partial charge is 0.382 e. The van der Waals surface area contributed by atoms with Crippen LogP contribution in [0.5, 0.6) is 0 Å². The van der Waals surface area contributed by atoms with Crippen molar-refractivity contribution in [2.24, 2.45) is 0 Å². The highest BCUT2D eigenvalue weighted by molar-refractivity contribution is 5.83. The number of aromatic nitrogens is 5. The molecular formula is C28H36N8. The molecule has 8 heteroatoms. The maximum atomic E-state index is 4.94. The summed E-state index contributed by atoms with van der Waals surface area (Å²) >= 11 is 0. The van der Waals surface area contributed by atoms with Crippen molar-refractivity contribution >= 4 is 16.7 Å². The van der Waals surface area contributed by atoms with E-state index in [4.69, 9.17) is 4.98 Å². The lowest BCUT2D eigenvalue weighted by molar-refractivity contribution is 0.0463. The van der Waals surface area contributed by atoms with Crippen LogP contribution in [0.4, 0.5) is 5.69 Å². The summed E-state index contributed by atoms with van der Waals surface area (Å²) in [4.78, 5) is 19.4. The molecule has 0 atom stereocenters. The molecule has 0 aliphatic carbocycles. The van der Waals surface area contributed by atoms with Gasteiger partial charge in [-0.2, -0.15) is 5.10 Å². The van der Waals surface area contributed by atoms with Gasteiger partial charge in [-0.25, -0.2) is 4.98 Å². The molecule has 36 heavy (non-hydrogen) atoms. The Morgan fingerprint density at radius 2 is 1.81 bits per heavy atom. The standard InChI is InChI=1S/C28H36N8/c1-19(2)35-11-13-36(14-12-35)28(4,5)18-30-21-15-26-24(29-16-21)10-9-23(33-26)22-17-31-34-27(22)25-8-6-7-20(3)32-25/h6-10,15-17,19,30H,11-14,18H2,1-5H3,(H,31,34). The van der Waals surface area contributed by atoms with Crippen LogP contribution in [0.2, 0.25) is 0 Å². The van der Waals surface area contributed by atoms with Crippen molar-refractivity contribution in [1.29, 1.82) is 0 Å². The van der Waals surface area contributed by atoms with Crippen LogP contribution in [0, 0.1) is 6.92 Å². The smallest absolute Gasteiger partial charge is 0.120 e. The van der Waals surface area contributed by atoms with Gasteiger partial charge in [0.05, 0.1) is 34.3 Å². The molecule has 0 bridgehead atoms. The zero-order valence-electron chi connectivity index (χ0n) is 21.9. The highest BCUT2D eigenvalue weighted by atomic mass is 15.3. The Morgan fingerprint density at radius 3 is 2.56 bits per heavy atom. The van der Waals surface area contributed by atoms with Gasteiger partial charge in [0, 0.05) is 61.8 Å². The average Bonchev–Trinajstić information content (AvgIpc) is 3.37. The first-order valence-corrected chi connectivity index (χ1v) is 12.8. The molecule has 0 aromatic carbocycles. The van der Waals surface area contributed by atoms with E-state index in [1.54, 1.807) is 0 Å². The number of nitrogens with zero attached hydrogens (tertiary/aromatic N) is 6. The number of nitrogens with one attached hydrogen (secondary N) is 2. The van der Waals surface area contributed by atoms with Gasteiger partial charge in [-0.1, -0.05) is 6.07 Å². The van der Waals surface area contributed by atoms with Crippen LogP contribution in [0.3, 0.4) is 0 Å². The van der Waals surface area contributed by atoms with Crippen molar-refractivity contribution in [3.63, 3.8) is 0 Å². The van der Waals surface area contributed by atoms with Gasteiger partial charge in [0.25, 0.3) is 0 Å². The quantitative estimate of drug-likeness (QED) is 0.396. The van der Waals surface area contributed by atoms with Crippen molar-refractivity contribution in [3.8, 4) is 22.6 Å². The van der Waals surface area contributed by atoms with Crippen molar-refractivity contribution < 1.29 is 0 Å². The first kappa shape index (κ1) is 24.3. The van der Waals surface area contributed by atoms with Crippen molar-refractivity contribution in [2.45, 2.75) is 46.2 Å². The van der Waals surface area contributed by atoms with Crippen LogP contribution in [0.1, 0.15) is 33.4 Å². The number of aryl methyl sites for hydroxylation is 1. The van der Waals surface area contributed by atoms with E-state index < -0.39 is 0 Å². The molecule has 188 valence electrons. The number of hydrogen-bond donors (Lipinski definition) is 2. The van der Waals surface area contributed by atoms with Crippen LogP contribution in [0.25, 0.3) is 33.7 Å². The Labute approximate surface area is 213 Å². The lowest BCUT2D eigenvalue weighted by Gasteiger charge is -2.45. The highest BCUT2D eigenvalue weighted by Gasteiger charge is 2.30. The summed E-state index contributed by atoms with van der Waals surface area (Å²) in [5.41, 5.74) is 7.10. The summed E-state index contributed by atoms with van der Waals surface area (Å²) in [5, 5.41) is 11.1. The minimum atomic E-state index is 0.0415. The number of piperazine rings is 1. The number of fused-ring (bicyclic) bond motifs is 1. The summed E-state index contributed by atoms with van der Waals surface area (Å²) in [6, 6.07) is 12.7. The number of rotatable bonds is 7. The maximum absolute atomic E-state index is 4.94. The van der Waals surface area contributed by atoms with Crippen LogP contribution < -0.4 is 5.32 Å². The first-order chi connectivity index (χ1) is 17.3. The molecule has 0 radical (unpaired) electrons. The third-order valence-corrected chi connectivity index (χ3v) is 7.21. The van der Waals surface area contributed by atoms with Gasteiger partial charge in [-0.3, -0.25) is 24.9 Å².